The number of aliphatic hydroxyl groups is 1. The van der Waals surface area contributed by atoms with Gasteiger partial charge in [0.1, 0.15) is 11.5 Å². The minimum atomic E-state index is -0.826. The van der Waals surface area contributed by atoms with E-state index in [1.807, 2.05) is 50.2 Å². The molecule has 1 aliphatic rings. The molecule has 1 saturated heterocycles. The third-order valence-corrected chi connectivity index (χ3v) is 7.93. The van der Waals surface area contributed by atoms with E-state index in [9.17, 15) is 14.7 Å². The number of hydrogen-bond acceptors (Lipinski definition) is 6. The lowest BCUT2D eigenvalue weighted by atomic mass is 9.85. The summed E-state index contributed by atoms with van der Waals surface area (Å²) in [5, 5.41) is 11.8. The molecular formula is C31H30N2O4S. The molecule has 6 nitrogen and oxygen atoms in total. The van der Waals surface area contributed by atoms with E-state index in [0.717, 1.165) is 32.5 Å². The molecule has 194 valence electrons. The van der Waals surface area contributed by atoms with Gasteiger partial charge in [-0.15, -0.1) is 0 Å². The summed E-state index contributed by atoms with van der Waals surface area (Å²) in [4.78, 5) is 33.3. The minimum absolute atomic E-state index is 0.0378. The number of benzene rings is 3. The summed E-state index contributed by atoms with van der Waals surface area (Å²) in [5.74, 6) is -1.06. The van der Waals surface area contributed by atoms with Crippen molar-refractivity contribution >= 4 is 44.1 Å². The number of carbonyl (C=O) groups excluding carboxylic acids is 2. The lowest BCUT2D eigenvalue weighted by Gasteiger charge is -2.24. The Labute approximate surface area is 226 Å². The highest BCUT2D eigenvalue weighted by molar-refractivity contribution is 7.22. The van der Waals surface area contributed by atoms with Crippen LogP contribution in [0.4, 0.5) is 5.13 Å². The first-order chi connectivity index (χ1) is 18.0. The molecule has 1 fully saturated rings. The van der Waals surface area contributed by atoms with Gasteiger partial charge in [0.25, 0.3) is 5.78 Å². The van der Waals surface area contributed by atoms with Crippen LogP contribution in [0.25, 0.3) is 16.0 Å². The second kappa shape index (κ2) is 9.40. The van der Waals surface area contributed by atoms with Crippen LogP contribution in [-0.2, 0) is 15.0 Å². The SMILES string of the molecule is COc1ccc(/C(O)=C2\C(=O)C(=O)N(c3nc4c(C)cc(C)cc4s3)C2c2ccc(C(C)(C)C)cc2)cc1. The van der Waals surface area contributed by atoms with Crippen LogP contribution in [0.5, 0.6) is 5.75 Å². The maximum Gasteiger partial charge on any atom is 0.301 e. The number of aliphatic hydroxyl groups excluding tert-OH is 1. The molecule has 4 aromatic rings. The van der Waals surface area contributed by atoms with Gasteiger partial charge in [-0.25, -0.2) is 4.98 Å². The molecule has 0 spiro atoms. The maximum atomic E-state index is 13.6. The molecule has 5 rings (SSSR count). The van der Waals surface area contributed by atoms with Gasteiger partial charge in [0.2, 0.25) is 0 Å². The highest BCUT2D eigenvalue weighted by Crippen LogP contribution is 2.45. The summed E-state index contributed by atoms with van der Waals surface area (Å²) in [5.41, 5.74) is 5.15. The Balaban J connectivity index is 1.72. The molecule has 1 unspecified atom stereocenters. The summed E-state index contributed by atoms with van der Waals surface area (Å²) in [6, 6.07) is 17.9. The number of fused-ring (bicyclic) bond motifs is 1. The minimum Gasteiger partial charge on any atom is -0.507 e. The summed E-state index contributed by atoms with van der Waals surface area (Å²) >= 11 is 1.37. The number of ether oxygens (including phenoxy) is 1. The van der Waals surface area contributed by atoms with E-state index >= 15 is 0 Å². The molecule has 0 bridgehead atoms. The van der Waals surface area contributed by atoms with Crippen LogP contribution in [0.15, 0.2) is 66.2 Å². The van der Waals surface area contributed by atoms with Crippen molar-refractivity contribution in [2.24, 2.45) is 0 Å². The number of methoxy groups -OCH3 is 1. The van der Waals surface area contributed by atoms with Gasteiger partial charge < -0.3 is 9.84 Å². The predicted molar refractivity (Wildman–Crippen MR) is 152 cm³/mol. The van der Waals surface area contributed by atoms with Gasteiger partial charge in [-0.05, 0) is 71.8 Å². The fraction of sp³-hybridized carbons (Fsp3) is 0.258. The third kappa shape index (κ3) is 4.37. The van der Waals surface area contributed by atoms with Crippen molar-refractivity contribution in [2.45, 2.75) is 46.1 Å². The third-order valence-electron chi connectivity index (χ3n) is 6.92. The Morgan fingerprint density at radius 2 is 1.66 bits per heavy atom. The van der Waals surface area contributed by atoms with E-state index in [1.54, 1.807) is 31.4 Å². The molecule has 1 amide bonds. The highest BCUT2D eigenvalue weighted by Gasteiger charge is 2.48. The largest absolute Gasteiger partial charge is 0.507 e. The number of rotatable bonds is 4. The van der Waals surface area contributed by atoms with E-state index in [-0.39, 0.29) is 16.7 Å². The quantitative estimate of drug-likeness (QED) is 0.179. The first-order valence-electron chi connectivity index (χ1n) is 12.4. The zero-order valence-electron chi connectivity index (χ0n) is 22.3. The summed E-state index contributed by atoms with van der Waals surface area (Å²) in [6.07, 6.45) is 0. The molecule has 1 N–H and O–H groups in total. The van der Waals surface area contributed by atoms with Gasteiger partial charge in [-0.2, -0.15) is 0 Å². The second-order valence-corrected chi connectivity index (χ2v) is 11.7. The number of aromatic nitrogens is 1. The monoisotopic (exact) mass is 526 g/mol. The molecule has 1 atom stereocenters. The van der Waals surface area contributed by atoms with Crippen molar-refractivity contribution in [3.05, 3.63) is 94.1 Å². The van der Waals surface area contributed by atoms with Crippen LogP contribution >= 0.6 is 11.3 Å². The van der Waals surface area contributed by atoms with E-state index in [1.165, 1.54) is 16.2 Å². The van der Waals surface area contributed by atoms with Crippen molar-refractivity contribution in [1.29, 1.82) is 0 Å². The number of thiazole rings is 1. The summed E-state index contributed by atoms with van der Waals surface area (Å²) < 4.78 is 6.17. The van der Waals surface area contributed by atoms with E-state index in [2.05, 4.69) is 20.8 Å². The van der Waals surface area contributed by atoms with Gasteiger partial charge in [0, 0.05) is 5.56 Å². The van der Waals surface area contributed by atoms with Crippen molar-refractivity contribution in [2.75, 3.05) is 12.0 Å². The number of hydrogen-bond donors (Lipinski definition) is 1. The van der Waals surface area contributed by atoms with Crippen molar-refractivity contribution in [3.8, 4) is 5.75 Å². The first kappa shape index (κ1) is 25.7. The fourth-order valence-electron chi connectivity index (χ4n) is 4.88. The normalized spacial score (nSPS) is 17.4. The zero-order valence-corrected chi connectivity index (χ0v) is 23.1. The number of anilines is 1. The number of Topliss-reactive ketones (excluding diaryl/α,β-unsaturated/α-hetero) is 1. The molecule has 3 aromatic carbocycles. The molecule has 1 aliphatic heterocycles. The number of aryl methyl sites for hydroxylation is 2. The van der Waals surface area contributed by atoms with Crippen molar-refractivity contribution in [1.82, 2.24) is 4.98 Å². The average molecular weight is 527 g/mol. The number of nitrogens with zero attached hydrogens (tertiary/aromatic N) is 2. The van der Waals surface area contributed by atoms with Crippen LogP contribution < -0.4 is 9.64 Å². The van der Waals surface area contributed by atoms with Gasteiger partial charge >= 0.3 is 5.91 Å². The maximum absolute atomic E-state index is 13.6. The van der Waals surface area contributed by atoms with Gasteiger partial charge in [-0.1, -0.05) is 62.4 Å². The standard InChI is InChI=1S/C31H30N2O4S/c1-17-15-18(2)25-23(16-17)38-30(32-25)33-26(19-7-11-21(12-8-19)31(3,4)5)24(28(35)29(33)36)27(34)20-9-13-22(37-6)14-10-20/h7-16,26,34H,1-6H3/b27-24+. The Morgan fingerprint density at radius 1 is 1.00 bits per heavy atom. The van der Waals surface area contributed by atoms with Crippen LogP contribution in [0.1, 0.15) is 54.6 Å². The van der Waals surface area contributed by atoms with Crippen LogP contribution in [0, 0.1) is 13.8 Å². The molecule has 38 heavy (non-hydrogen) atoms. The fourth-order valence-corrected chi connectivity index (χ4v) is 6.05. The second-order valence-electron chi connectivity index (χ2n) is 10.7. The topological polar surface area (TPSA) is 79.7 Å². The van der Waals surface area contributed by atoms with E-state index in [0.29, 0.717) is 16.4 Å². The number of carbonyl (C=O) groups is 2. The van der Waals surface area contributed by atoms with Gasteiger partial charge in [0.05, 0.1) is 28.9 Å². The van der Waals surface area contributed by atoms with Crippen LogP contribution in [-0.4, -0.2) is 28.9 Å². The van der Waals surface area contributed by atoms with Crippen molar-refractivity contribution < 1.29 is 19.4 Å². The Kier molecular flexibility index (Phi) is 6.35. The lowest BCUT2D eigenvalue weighted by Crippen LogP contribution is -2.29. The zero-order chi connectivity index (χ0) is 27.4. The predicted octanol–water partition coefficient (Wildman–Crippen LogP) is 6.85. The Morgan fingerprint density at radius 3 is 2.26 bits per heavy atom. The molecular weight excluding hydrogens is 496 g/mol. The molecule has 0 aliphatic carbocycles. The summed E-state index contributed by atoms with van der Waals surface area (Å²) in [7, 11) is 1.56. The molecule has 1 aromatic heterocycles. The van der Waals surface area contributed by atoms with E-state index < -0.39 is 17.7 Å². The Hall–Kier alpha value is -3.97. The lowest BCUT2D eigenvalue weighted by molar-refractivity contribution is -0.132. The summed E-state index contributed by atoms with van der Waals surface area (Å²) in [6.45, 7) is 10.4. The van der Waals surface area contributed by atoms with Gasteiger partial charge in [-0.3, -0.25) is 14.5 Å². The van der Waals surface area contributed by atoms with Crippen LogP contribution in [0.3, 0.4) is 0 Å². The average Bonchev–Trinajstić information content (AvgIpc) is 3.42. The van der Waals surface area contributed by atoms with Gasteiger partial charge in [0.15, 0.2) is 5.13 Å². The molecule has 7 heteroatoms. The highest BCUT2D eigenvalue weighted by atomic mass is 32.1. The van der Waals surface area contributed by atoms with E-state index in [4.69, 9.17) is 9.72 Å². The molecule has 0 saturated carbocycles. The first-order valence-corrected chi connectivity index (χ1v) is 13.2. The smallest absolute Gasteiger partial charge is 0.301 e. The van der Waals surface area contributed by atoms with Crippen molar-refractivity contribution in [3.63, 3.8) is 0 Å². The van der Waals surface area contributed by atoms with Crippen LogP contribution in [0.2, 0.25) is 0 Å². The number of ketones is 1. The molecule has 0 radical (unpaired) electrons. The molecule has 2 heterocycles. The Bertz CT molecular complexity index is 1590. The number of amides is 1.